The molecule has 1 saturated carbocycles. The molecule has 1 aromatic rings. The van der Waals surface area contributed by atoms with Gasteiger partial charge < -0.3 is 31.1 Å². The van der Waals surface area contributed by atoms with E-state index < -0.39 is 58.1 Å². The largest absolute Gasteiger partial charge is 0.507 e. The van der Waals surface area contributed by atoms with Crippen LogP contribution in [0.3, 0.4) is 0 Å². The van der Waals surface area contributed by atoms with Crippen LogP contribution in [0.1, 0.15) is 63.1 Å². The van der Waals surface area contributed by atoms with Gasteiger partial charge in [-0.25, -0.2) is 4.39 Å². The van der Waals surface area contributed by atoms with Gasteiger partial charge in [0, 0.05) is 30.2 Å². The molecule has 1 aromatic carbocycles. The van der Waals surface area contributed by atoms with Crippen LogP contribution in [0.2, 0.25) is 0 Å². The van der Waals surface area contributed by atoms with E-state index in [1.807, 2.05) is 0 Å². The first-order valence-electron chi connectivity index (χ1n) is 13.5. The second-order valence-corrected chi connectivity index (χ2v) is 12.3. The summed E-state index contributed by atoms with van der Waals surface area (Å²) >= 11 is 0. The molecule has 1 fully saturated rings. The Labute approximate surface area is 234 Å². The van der Waals surface area contributed by atoms with Crippen LogP contribution < -0.4 is 5.73 Å². The summed E-state index contributed by atoms with van der Waals surface area (Å²) in [4.78, 5) is 40.7. The Kier molecular flexibility index (Phi) is 8.98. The number of likely N-dealkylation sites (N-methyl/N-ethyl adjacent to an activating group) is 1. The number of aliphatic hydroxyl groups excluding tert-OH is 2. The highest BCUT2D eigenvalue weighted by Crippen LogP contribution is 2.51. The molecule has 0 bridgehead atoms. The molecule has 3 aliphatic carbocycles. The summed E-state index contributed by atoms with van der Waals surface area (Å²) in [6.45, 7) is 6.38. The number of aryl methyl sites for hydroxylation is 1. The van der Waals surface area contributed by atoms with E-state index in [1.54, 1.807) is 19.0 Å². The SMILES string of the molecule is CN(C)[C@@H]1C=C(C(N)=O)C(=O)[C@@]2(O)C(=O)C3=C(O)c4c(O)c(CCCCC(C)(C)C)cc(F)c4C[C@H]3C[C@@H]12.CO. The summed E-state index contributed by atoms with van der Waals surface area (Å²) in [6.07, 6.45) is 4.36. The number of phenols is 1. The van der Waals surface area contributed by atoms with E-state index in [2.05, 4.69) is 20.8 Å². The van der Waals surface area contributed by atoms with Gasteiger partial charge in [0.05, 0.1) is 11.1 Å². The van der Waals surface area contributed by atoms with Gasteiger partial charge in [-0.3, -0.25) is 14.4 Å². The van der Waals surface area contributed by atoms with Gasteiger partial charge in [-0.1, -0.05) is 33.3 Å². The lowest BCUT2D eigenvalue weighted by Gasteiger charge is -2.49. The van der Waals surface area contributed by atoms with Crippen LogP contribution in [0, 0.1) is 23.1 Å². The third-order valence-corrected chi connectivity index (χ3v) is 8.27. The predicted octanol–water partition coefficient (Wildman–Crippen LogP) is 2.58. The molecule has 10 heteroatoms. The number of hydrogen-bond donors (Lipinski definition) is 5. The van der Waals surface area contributed by atoms with Crippen LogP contribution in [-0.2, 0) is 27.2 Å². The van der Waals surface area contributed by atoms with Crippen molar-refractivity contribution in [2.24, 2.45) is 23.0 Å². The number of rotatable bonds is 6. The lowest BCUT2D eigenvalue weighted by molar-refractivity contribution is -0.160. The number of carbonyl (C=O) groups excluding carboxylic acids is 3. The number of benzene rings is 1. The van der Waals surface area contributed by atoms with E-state index >= 15 is 4.39 Å². The van der Waals surface area contributed by atoms with E-state index in [0.717, 1.165) is 20.0 Å². The van der Waals surface area contributed by atoms with Gasteiger partial charge in [0.15, 0.2) is 5.60 Å². The molecule has 0 spiro atoms. The number of phenolic OH excluding ortho intramolecular Hbond substituents is 1. The Bertz CT molecular complexity index is 1280. The number of aromatic hydroxyl groups is 1. The number of amides is 1. The highest BCUT2D eigenvalue weighted by atomic mass is 19.1. The number of nitrogens with two attached hydrogens (primary N) is 1. The first-order chi connectivity index (χ1) is 18.6. The zero-order chi connectivity index (χ0) is 30.3. The number of carbonyl (C=O) groups is 3. The standard InChI is InChI=1S/C29H37FN2O6.CH4O/c1-28(2,3)9-7-6-8-14-12-19(30)16-10-15-11-18-20(32(4)5)13-17(27(31)37)25(35)29(18,38)26(36)21(15)24(34)22(16)23(14)33;1-2/h12-13,15,18,20,33-34,38H,6-11H2,1-5H3,(H2,31,37);2H,1H3/t15-,18-,20+,29+;/m0./s1. The van der Waals surface area contributed by atoms with Crippen molar-refractivity contribution in [2.45, 2.75) is 70.9 Å². The van der Waals surface area contributed by atoms with Crippen molar-refractivity contribution >= 4 is 23.2 Å². The Morgan fingerprint density at radius 1 is 1.15 bits per heavy atom. The minimum Gasteiger partial charge on any atom is -0.507 e. The number of nitrogens with zero attached hydrogens (tertiary/aromatic N) is 1. The maximum Gasteiger partial charge on any atom is 0.252 e. The second-order valence-electron chi connectivity index (χ2n) is 12.3. The smallest absolute Gasteiger partial charge is 0.252 e. The van der Waals surface area contributed by atoms with Gasteiger partial charge in [0.25, 0.3) is 5.91 Å². The van der Waals surface area contributed by atoms with Crippen LogP contribution in [0.5, 0.6) is 5.75 Å². The average molecular weight is 561 g/mol. The third kappa shape index (κ3) is 5.32. The topological polar surface area (TPSA) is 161 Å². The summed E-state index contributed by atoms with van der Waals surface area (Å²) in [5.41, 5.74) is 2.46. The molecular formula is C30H41FN2O7. The van der Waals surface area contributed by atoms with Crippen molar-refractivity contribution in [1.29, 1.82) is 0 Å². The highest BCUT2D eigenvalue weighted by molar-refractivity contribution is 6.32. The van der Waals surface area contributed by atoms with Gasteiger partial charge in [-0.05, 0) is 69.2 Å². The number of ketones is 2. The van der Waals surface area contributed by atoms with Crippen LogP contribution in [-0.4, -0.2) is 75.6 Å². The number of aliphatic hydroxyl groups is 3. The lowest BCUT2D eigenvalue weighted by Crippen LogP contribution is -2.66. The third-order valence-electron chi connectivity index (χ3n) is 8.27. The Balaban J connectivity index is 0.00000216. The number of fused-ring (bicyclic) bond motifs is 3. The maximum absolute atomic E-state index is 15.4. The van der Waals surface area contributed by atoms with E-state index in [1.165, 1.54) is 12.1 Å². The normalized spacial score (nSPS) is 25.9. The molecule has 1 amide bonds. The molecule has 0 unspecified atom stereocenters. The molecule has 9 nitrogen and oxygen atoms in total. The molecule has 0 heterocycles. The highest BCUT2D eigenvalue weighted by Gasteiger charge is 2.63. The number of Topliss-reactive ketones (excluding diaryl/α,β-unsaturated/α-hetero) is 2. The van der Waals surface area contributed by atoms with Crippen molar-refractivity contribution in [3.05, 3.63) is 45.8 Å². The number of unbranched alkanes of at least 4 members (excludes halogenated alkanes) is 1. The quantitative estimate of drug-likeness (QED) is 0.202. The van der Waals surface area contributed by atoms with E-state index in [-0.39, 0.29) is 40.7 Å². The first kappa shape index (κ1) is 31.4. The molecule has 4 rings (SSSR count). The van der Waals surface area contributed by atoms with E-state index in [0.29, 0.717) is 18.4 Å². The summed E-state index contributed by atoms with van der Waals surface area (Å²) < 4.78 is 15.4. The van der Waals surface area contributed by atoms with Crippen LogP contribution in [0.4, 0.5) is 4.39 Å². The van der Waals surface area contributed by atoms with Crippen LogP contribution in [0.15, 0.2) is 23.3 Å². The van der Waals surface area contributed by atoms with Gasteiger partial charge in [0.1, 0.15) is 17.3 Å². The number of halogens is 1. The molecule has 220 valence electrons. The monoisotopic (exact) mass is 560 g/mol. The minimum absolute atomic E-state index is 0.0114. The summed E-state index contributed by atoms with van der Waals surface area (Å²) in [7, 11) is 4.36. The first-order valence-corrected chi connectivity index (χ1v) is 13.5. The van der Waals surface area contributed by atoms with Crippen LogP contribution in [0.25, 0.3) is 5.76 Å². The molecule has 6 N–H and O–H groups in total. The van der Waals surface area contributed by atoms with Gasteiger partial charge in [-0.2, -0.15) is 0 Å². The van der Waals surface area contributed by atoms with Crippen LogP contribution >= 0.6 is 0 Å². The molecular weight excluding hydrogens is 519 g/mol. The van der Waals surface area contributed by atoms with Crippen molar-refractivity contribution in [3.8, 4) is 5.75 Å². The summed E-state index contributed by atoms with van der Waals surface area (Å²) in [5.74, 6) is -6.36. The molecule has 4 atom stereocenters. The second kappa shape index (κ2) is 11.4. The van der Waals surface area contributed by atoms with Gasteiger partial charge in [0.2, 0.25) is 11.6 Å². The summed E-state index contributed by atoms with van der Waals surface area (Å²) in [6, 6.07) is 0.613. The zero-order valence-corrected chi connectivity index (χ0v) is 24.0. The fourth-order valence-electron chi connectivity index (χ4n) is 6.30. The molecule has 3 aliphatic rings. The number of hydrogen-bond acceptors (Lipinski definition) is 8. The summed E-state index contributed by atoms with van der Waals surface area (Å²) in [5, 5.41) is 40.9. The Hall–Kier alpha value is -3.08. The number of primary amides is 1. The van der Waals surface area contributed by atoms with E-state index in [4.69, 9.17) is 10.8 Å². The molecule has 0 saturated heterocycles. The van der Waals surface area contributed by atoms with Crippen molar-refractivity contribution in [2.75, 3.05) is 21.2 Å². The van der Waals surface area contributed by atoms with Crippen molar-refractivity contribution in [3.63, 3.8) is 0 Å². The molecule has 0 aromatic heterocycles. The molecule has 40 heavy (non-hydrogen) atoms. The Morgan fingerprint density at radius 2 is 1.77 bits per heavy atom. The zero-order valence-electron chi connectivity index (χ0n) is 24.0. The Morgan fingerprint density at radius 3 is 2.33 bits per heavy atom. The maximum atomic E-state index is 15.4. The minimum atomic E-state index is -2.62. The van der Waals surface area contributed by atoms with E-state index in [9.17, 15) is 29.7 Å². The molecule has 0 radical (unpaired) electrons. The fourth-order valence-corrected chi connectivity index (χ4v) is 6.30. The lowest BCUT2D eigenvalue weighted by atomic mass is 9.57. The predicted molar refractivity (Wildman–Crippen MR) is 148 cm³/mol. The van der Waals surface area contributed by atoms with Crippen molar-refractivity contribution < 1.29 is 39.2 Å². The molecule has 0 aliphatic heterocycles. The fraction of sp³-hybridized carbons (Fsp3) is 0.567. The van der Waals surface area contributed by atoms with Gasteiger partial charge >= 0.3 is 0 Å². The van der Waals surface area contributed by atoms with Crippen molar-refractivity contribution in [1.82, 2.24) is 4.90 Å². The average Bonchev–Trinajstić information content (AvgIpc) is 2.86. The van der Waals surface area contributed by atoms with Gasteiger partial charge in [-0.15, -0.1) is 0 Å².